The lowest BCUT2D eigenvalue weighted by atomic mass is 10.2. The molecule has 1 fully saturated rings. The fourth-order valence-corrected chi connectivity index (χ4v) is 3.35. The second kappa shape index (κ2) is 8.09. The molecule has 0 saturated carbocycles. The second-order valence-electron chi connectivity index (χ2n) is 5.50. The maximum absolute atomic E-state index is 12.3. The molecule has 2 heterocycles. The van der Waals surface area contributed by atoms with Gasteiger partial charge in [-0.25, -0.2) is 0 Å². The van der Waals surface area contributed by atoms with Crippen molar-refractivity contribution in [3.05, 3.63) is 47.9 Å². The topological polar surface area (TPSA) is 76.6 Å². The maximum Gasteiger partial charge on any atom is 0.242 e. The minimum Gasteiger partial charge on any atom is -0.497 e. The summed E-state index contributed by atoms with van der Waals surface area (Å²) in [5, 5.41) is 8.70. The van der Waals surface area contributed by atoms with Gasteiger partial charge in [0.25, 0.3) is 0 Å². The van der Waals surface area contributed by atoms with Crippen LogP contribution in [-0.4, -0.2) is 41.7 Å². The van der Waals surface area contributed by atoms with Crippen LogP contribution in [0.3, 0.4) is 0 Å². The highest BCUT2D eigenvalue weighted by molar-refractivity contribution is 8.15. The molecule has 1 aromatic heterocycles. The molecule has 1 aliphatic rings. The number of carbonyl (C=O) groups excluding carboxylic acids is 1. The molecule has 0 spiro atoms. The van der Waals surface area contributed by atoms with Gasteiger partial charge >= 0.3 is 0 Å². The number of hydrogen-bond acceptors (Lipinski definition) is 7. The van der Waals surface area contributed by atoms with Crippen molar-refractivity contribution >= 4 is 29.1 Å². The van der Waals surface area contributed by atoms with Gasteiger partial charge in [0, 0.05) is 11.6 Å². The van der Waals surface area contributed by atoms with Gasteiger partial charge in [0.05, 0.1) is 38.5 Å². The summed E-state index contributed by atoms with van der Waals surface area (Å²) in [6.07, 6.45) is 3.17. The number of thioether (sulfide) groups is 1. The Kier molecular flexibility index (Phi) is 5.62. The molecule has 1 aliphatic heterocycles. The molecule has 2 aromatic rings. The van der Waals surface area contributed by atoms with Crippen LogP contribution in [-0.2, 0) is 11.3 Å². The number of carbonyl (C=O) groups is 1. The van der Waals surface area contributed by atoms with E-state index in [1.54, 1.807) is 43.7 Å². The van der Waals surface area contributed by atoms with Crippen molar-refractivity contribution < 1.29 is 18.7 Å². The van der Waals surface area contributed by atoms with Gasteiger partial charge in [0.15, 0.2) is 5.17 Å². The molecule has 7 nitrogen and oxygen atoms in total. The molecule has 3 rings (SSSR count). The highest BCUT2D eigenvalue weighted by Crippen LogP contribution is 2.29. The Bertz CT molecular complexity index is 833. The first-order chi connectivity index (χ1) is 12.6. The summed E-state index contributed by atoms with van der Waals surface area (Å²) in [7, 11) is 3.17. The third-order valence-corrected chi connectivity index (χ3v) is 4.87. The molecule has 0 aliphatic carbocycles. The first-order valence-electron chi connectivity index (χ1n) is 7.96. The largest absolute Gasteiger partial charge is 0.497 e. The van der Waals surface area contributed by atoms with Crippen molar-refractivity contribution in [1.82, 2.24) is 4.90 Å². The summed E-state index contributed by atoms with van der Waals surface area (Å²) in [4.78, 5) is 13.9. The van der Waals surface area contributed by atoms with Crippen molar-refractivity contribution in [3.63, 3.8) is 0 Å². The maximum atomic E-state index is 12.3. The second-order valence-corrected chi connectivity index (χ2v) is 6.81. The Balaban J connectivity index is 1.79. The quantitative estimate of drug-likeness (QED) is 0.574. The molecular weight excluding hydrogens is 354 g/mol. The van der Waals surface area contributed by atoms with E-state index in [2.05, 4.69) is 10.2 Å². The number of amides is 1. The lowest BCUT2D eigenvalue weighted by Gasteiger charge is -2.13. The number of hydrogen-bond donors (Lipinski definition) is 0. The molecule has 0 radical (unpaired) electrons. The Labute approximate surface area is 155 Å². The van der Waals surface area contributed by atoms with Gasteiger partial charge in [0.1, 0.15) is 17.3 Å². The smallest absolute Gasteiger partial charge is 0.242 e. The first kappa shape index (κ1) is 18.1. The molecule has 1 aromatic carbocycles. The Hall–Kier alpha value is -2.74. The standard InChI is InChI=1S/C18H19N3O4S/c1-12-17(22)21(11-15-5-4-8-25-15)18(26-12)20-19-10-13-6-7-14(23-2)9-16(13)24-3/h4-10,12H,11H2,1-3H3/b19-10+,20-18-/t12-/m0/s1. The SMILES string of the molecule is COc1ccc(/C=N/N=C2\S[C@@H](C)C(=O)N2Cc2ccco2)c(OC)c1. The highest BCUT2D eigenvalue weighted by atomic mass is 32.2. The fourth-order valence-electron chi connectivity index (χ4n) is 2.43. The van der Waals surface area contributed by atoms with Gasteiger partial charge in [-0.2, -0.15) is 5.10 Å². The minimum atomic E-state index is -0.200. The van der Waals surface area contributed by atoms with Gasteiger partial charge in [0.2, 0.25) is 5.91 Å². The molecule has 1 saturated heterocycles. The van der Waals surface area contributed by atoms with E-state index < -0.39 is 0 Å². The normalized spacial score (nSPS) is 18.9. The van der Waals surface area contributed by atoms with E-state index in [1.807, 2.05) is 25.1 Å². The van der Waals surface area contributed by atoms with Gasteiger partial charge in [-0.3, -0.25) is 9.69 Å². The Morgan fingerprint density at radius 2 is 2.15 bits per heavy atom. The molecule has 1 amide bonds. The van der Waals surface area contributed by atoms with E-state index in [4.69, 9.17) is 13.9 Å². The average Bonchev–Trinajstić information content (AvgIpc) is 3.26. The Morgan fingerprint density at radius 1 is 1.31 bits per heavy atom. The monoisotopic (exact) mass is 373 g/mol. The van der Waals surface area contributed by atoms with Crippen LogP contribution in [0.2, 0.25) is 0 Å². The van der Waals surface area contributed by atoms with Crippen LogP contribution in [0.1, 0.15) is 18.2 Å². The molecule has 0 unspecified atom stereocenters. The van der Waals surface area contributed by atoms with Crippen LogP contribution in [0.5, 0.6) is 11.5 Å². The molecule has 26 heavy (non-hydrogen) atoms. The van der Waals surface area contributed by atoms with E-state index in [9.17, 15) is 4.79 Å². The lowest BCUT2D eigenvalue weighted by Crippen LogP contribution is -2.30. The third kappa shape index (κ3) is 3.91. The third-order valence-electron chi connectivity index (χ3n) is 3.80. The summed E-state index contributed by atoms with van der Waals surface area (Å²) < 4.78 is 15.8. The van der Waals surface area contributed by atoms with E-state index >= 15 is 0 Å². The van der Waals surface area contributed by atoms with E-state index in [0.717, 1.165) is 5.56 Å². The summed E-state index contributed by atoms with van der Waals surface area (Å²) >= 11 is 1.37. The predicted molar refractivity (Wildman–Crippen MR) is 101 cm³/mol. The molecule has 0 bridgehead atoms. The van der Waals surface area contributed by atoms with E-state index in [1.165, 1.54) is 11.8 Å². The van der Waals surface area contributed by atoms with Crippen LogP contribution >= 0.6 is 11.8 Å². The predicted octanol–water partition coefficient (Wildman–Crippen LogP) is 3.15. The molecule has 1 atom stereocenters. The molecule has 8 heteroatoms. The minimum absolute atomic E-state index is 0.0117. The number of furan rings is 1. The summed E-state index contributed by atoms with van der Waals surface area (Å²) in [5.41, 5.74) is 0.762. The van der Waals surface area contributed by atoms with Gasteiger partial charge in [-0.1, -0.05) is 11.8 Å². The highest BCUT2D eigenvalue weighted by Gasteiger charge is 2.35. The summed E-state index contributed by atoms with van der Waals surface area (Å²) in [5.74, 6) is 2.01. The number of benzene rings is 1. The Morgan fingerprint density at radius 3 is 2.85 bits per heavy atom. The number of amidine groups is 1. The number of methoxy groups -OCH3 is 2. The van der Waals surface area contributed by atoms with Crippen LogP contribution in [0.4, 0.5) is 0 Å². The van der Waals surface area contributed by atoms with Crippen molar-refractivity contribution in [1.29, 1.82) is 0 Å². The van der Waals surface area contributed by atoms with Crippen molar-refractivity contribution in [2.45, 2.75) is 18.7 Å². The molecule has 136 valence electrons. The number of rotatable bonds is 6. The van der Waals surface area contributed by atoms with Gasteiger partial charge in [-0.15, -0.1) is 5.10 Å². The van der Waals surface area contributed by atoms with Crippen LogP contribution in [0, 0.1) is 0 Å². The van der Waals surface area contributed by atoms with Crippen LogP contribution < -0.4 is 9.47 Å². The number of ether oxygens (including phenoxy) is 2. The molecular formula is C18H19N3O4S. The first-order valence-corrected chi connectivity index (χ1v) is 8.84. The van der Waals surface area contributed by atoms with Crippen molar-refractivity contribution in [2.24, 2.45) is 10.2 Å². The van der Waals surface area contributed by atoms with Crippen LogP contribution in [0.25, 0.3) is 0 Å². The summed E-state index contributed by atoms with van der Waals surface area (Å²) in [6.45, 7) is 2.18. The van der Waals surface area contributed by atoms with Crippen molar-refractivity contribution in [3.8, 4) is 11.5 Å². The number of nitrogens with zero attached hydrogens (tertiary/aromatic N) is 3. The zero-order chi connectivity index (χ0) is 18.5. The summed E-state index contributed by atoms with van der Waals surface area (Å²) in [6, 6.07) is 9.03. The average molecular weight is 373 g/mol. The zero-order valence-corrected chi connectivity index (χ0v) is 15.5. The van der Waals surface area contributed by atoms with E-state index in [-0.39, 0.29) is 11.2 Å². The van der Waals surface area contributed by atoms with Crippen LogP contribution in [0.15, 0.2) is 51.2 Å². The zero-order valence-electron chi connectivity index (χ0n) is 14.7. The molecule has 0 N–H and O–H groups in total. The lowest BCUT2D eigenvalue weighted by molar-refractivity contribution is -0.126. The van der Waals surface area contributed by atoms with E-state index in [0.29, 0.717) is 29.0 Å². The van der Waals surface area contributed by atoms with Gasteiger partial charge < -0.3 is 13.9 Å². The van der Waals surface area contributed by atoms with Gasteiger partial charge in [-0.05, 0) is 31.2 Å². The van der Waals surface area contributed by atoms with Crippen molar-refractivity contribution in [2.75, 3.05) is 14.2 Å². The fraction of sp³-hybridized carbons (Fsp3) is 0.278.